The summed E-state index contributed by atoms with van der Waals surface area (Å²) in [6.07, 6.45) is 0.966. The van der Waals surface area contributed by atoms with E-state index in [1.165, 1.54) is 19.2 Å². The molecule has 2 N–H and O–H groups in total. The molecule has 0 fully saturated rings. The Morgan fingerprint density at radius 1 is 1.53 bits per heavy atom. The van der Waals surface area contributed by atoms with Gasteiger partial charge >= 0.3 is 0 Å². The standard InChI is InChI=1S/C13H16ClNO4/c1-3-9(6-12(15)17)19-13-10(14)4-8(7-16)5-11(13)18-2/h4-5,7,9H,3,6H2,1-2H3,(H2,15,17). The molecule has 0 aliphatic carbocycles. The normalized spacial score (nSPS) is 11.7. The summed E-state index contributed by atoms with van der Waals surface area (Å²) in [5.41, 5.74) is 5.53. The van der Waals surface area contributed by atoms with Gasteiger partial charge in [-0.1, -0.05) is 18.5 Å². The quantitative estimate of drug-likeness (QED) is 0.779. The number of aldehydes is 1. The highest BCUT2D eigenvalue weighted by molar-refractivity contribution is 6.32. The van der Waals surface area contributed by atoms with Crippen LogP contribution in [0, 0.1) is 0 Å². The van der Waals surface area contributed by atoms with E-state index < -0.39 is 5.91 Å². The minimum absolute atomic E-state index is 0.0887. The molecule has 0 bridgehead atoms. The zero-order valence-electron chi connectivity index (χ0n) is 10.8. The molecule has 0 heterocycles. The van der Waals surface area contributed by atoms with Crippen LogP contribution in [0.15, 0.2) is 12.1 Å². The zero-order valence-corrected chi connectivity index (χ0v) is 11.6. The number of benzene rings is 1. The highest BCUT2D eigenvalue weighted by atomic mass is 35.5. The van der Waals surface area contributed by atoms with Crippen molar-refractivity contribution in [3.05, 3.63) is 22.7 Å². The maximum atomic E-state index is 10.9. The van der Waals surface area contributed by atoms with Crippen molar-refractivity contribution < 1.29 is 19.1 Å². The molecule has 0 spiro atoms. The van der Waals surface area contributed by atoms with E-state index in [4.69, 9.17) is 26.8 Å². The van der Waals surface area contributed by atoms with Gasteiger partial charge in [0.15, 0.2) is 11.5 Å². The predicted molar refractivity (Wildman–Crippen MR) is 71.9 cm³/mol. The van der Waals surface area contributed by atoms with E-state index in [1.807, 2.05) is 6.92 Å². The summed E-state index contributed by atoms with van der Waals surface area (Å²) in [6.45, 7) is 1.87. The number of carbonyl (C=O) groups is 2. The Kier molecular flexibility index (Phi) is 5.63. The molecular formula is C13H16ClNO4. The molecule has 19 heavy (non-hydrogen) atoms. The molecule has 0 saturated carbocycles. The number of methoxy groups -OCH3 is 1. The monoisotopic (exact) mass is 285 g/mol. The van der Waals surface area contributed by atoms with E-state index in [2.05, 4.69) is 0 Å². The number of primary amides is 1. The predicted octanol–water partition coefficient (Wildman–Crippen LogP) is 2.19. The average molecular weight is 286 g/mol. The van der Waals surface area contributed by atoms with E-state index in [0.717, 1.165) is 0 Å². The Hall–Kier alpha value is -1.75. The molecule has 1 aromatic rings. The van der Waals surface area contributed by atoms with E-state index in [0.29, 0.717) is 29.8 Å². The smallest absolute Gasteiger partial charge is 0.221 e. The first-order chi connectivity index (χ1) is 9.01. The summed E-state index contributed by atoms with van der Waals surface area (Å²) in [5.74, 6) is 0.201. The van der Waals surface area contributed by atoms with Crippen LogP contribution in [-0.4, -0.2) is 25.4 Å². The van der Waals surface area contributed by atoms with Crippen LogP contribution >= 0.6 is 11.6 Å². The molecule has 1 atom stereocenters. The minimum atomic E-state index is -0.452. The number of hydrogen-bond acceptors (Lipinski definition) is 4. The van der Waals surface area contributed by atoms with Crippen molar-refractivity contribution in [2.75, 3.05) is 7.11 Å². The molecule has 104 valence electrons. The average Bonchev–Trinajstić information content (AvgIpc) is 2.38. The summed E-state index contributed by atoms with van der Waals surface area (Å²) >= 11 is 6.05. The molecule has 6 heteroatoms. The van der Waals surface area contributed by atoms with Crippen molar-refractivity contribution in [3.63, 3.8) is 0 Å². The molecule has 1 amide bonds. The van der Waals surface area contributed by atoms with Gasteiger partial charge in [-0.25, -0.2) is 0 Å². The lowest BCUT2D eigenvalue weighted by Crippen LogP contribution is -2.24. The number of amides is 1. The van der Waals surface area contributed by atoms with Crippen molar-refractivity contribution in [1.82, 2.24) is 0 Å². The largest absolute Gasteiger partial charge is 0.493 e. The van der Waals surface area contributed by atoms with Gasteiger partial charge in [0.05, 0.1) is 18.6 Å². The van der Waals surface area contributed by atoms with E-state index in [-0.39, 0.29) is 17.5 Å². The van der Waals surface area contributed by atoms with Gasteiger partial charge in [0.1, 0.15) is 12.4 Å². The van der Waals surface area contributed by atoms with Crippen molar-refractivity contribution in [2.45, 2.75) is 25.9 Å². The van der Waals surface area contributed by atoms with Crippen molar-refractivity contribution in [1.29, 1.82) is 0 Å². The SMILES string of the molecule is CCC(CC(N)=O)Oc1c(Cl)cc(C=O)cc1OC. The third kappa shape index (κ3) is 4.13. The third-order valence-electron chi connectivity index (χ3n) is 2.56. The van der Waals surface area contributed by atoms with E-state index in [1.54, 1.807) is 0 Å². The first-order valence-electron chi connectivity index (χ1n) is 5.79. The second-order valence-corrected chi connectivity index (χ2v) is 4.38. The second-order valence-electron chi connectivity index (χ2n) is 3.97. The highest BCUT2D eigenvalue weighted by Gasteiger charge is 2.18. The molecule has 0 aromatic heterocycles. The first kappa shape index (κ1) is 15.3. The van der Waals surface area contributed by atoms with Gasteiger partial charge in [0.25, 0.3) is 0 Å². The second kappa shape index (κ2) is 6.99. The maximum Gasteiger partial charge on any atom is 0.221 e. The molecular weight excluding hydrogens is 270 g/mol. The van der Waals surface area contributed by atoms with Crippen LogP contribution < -0.4 is 15.2 Å². The van der Waals surface area contributed by atoms with Crippen LogP contribution in [0.3, 0.4) is 0 Å². The van der Waals surface area contributed by atoms with E-state index >= 15 is 0 Å². The maximum absolute atomic E-state index is 10.9. The lowest BCUT2D eigenvalue weighted by Gasteiger charge is -2.19. The van der Waals surface area contributed by atoms with Crippen LogP contribution in [-0.2, 0) is 4.79 Å². The zero-order chi connectivity index (χ0) is 14.4. The van der Waals surface area contributed by atoms with Gasteiger partial charge in [-0.15, -0.1) is 0 Å². The van der Waals surface area contributed by atoms with Crippen LogP contribution in [0.2, 0.25) is 5.02 Å². The fourth-order valence-electron chi connectivity index (χ4n) is 1.58. The Morgan fingerprint density at radius 2 is 2.21 bits per heavy atom. The van der Waals surface area contributed by atoms with Gasteiger partial charge in [0, 0.05) is 5.56 Å². The summed E-state index contributed by atoms with van der Waals surface area (Å²) in [6, 6.07) is 2.99. The Bertz CT molecular complexity index is 476. The third-order valence-corrected chi connectivity index (χ3v) is 2.84. The van der Waals surface area contributed by atoms with Gasteiger partial charge in [0.2, 0.25) is 5.91 Å². The minimum Gasteiger partial charge on any atom is -0.493 e. The number of hydrogen-bond donors (Lipinski definition) is 1. The molecule has 0 radical (unpaired) electrons. The van der Waals surface area contributed by atoms with Crippen molar-refractivity contribution in [2.24, 2.45) is 5.73 Å². The number of ether oxygens (including phenoxy) is 2. The number of nitrogens with two attached hydrogens (primary N) is 1. The van der Waals surface area contributed by atoms with Gasteiger partial charge in [-0.3, -0.25) is 9.59 Å². The Morgan fingerprint density at radius 3 is 2.68 bits per heavy atom. The van der Waals surface area contributed by atoms with Crippen LogP contribution in [0.25, 0.3) is 0 Å². The number of carbonyl (C=O) groups excluding carboxylic acids is 2. The number of rotatable bonds is 7. The van der Waals surface area contributed by atoms with E-state index in [9.17, 15) is 9.59 Å². The van der Waals surface area contributed by atoms with Crippen LogP contribution in [0.4, 0.5) is 0 Å². The van der Waals surface area contributed by atoms with Gasteiger partial charge in [-0.05, 0) is 18.6 Å². The summed E-state index contributed by atoms with van der Waals surface area (Å²) in [4.78, 5) is 21.7. The molecule has 5 nitrogen and oxygen atoms in total. The molecule has 1 rings (SSSR count). The molecule has 1 unspecified atom stereocenters. The fourth-order valence-corrected chi connectivity index (χ4v) is 1.85. The van der Waals surface area contributed by atoms with Gasteiger partial charge in [-0.2, -0.15) is 0 Å². The lowest BCUT2D eigenvalue weighted by molar-refractivity contribution is -0.119. The molecule has 0 aliphatic heterocycles. The first-order valence-corrected chi connectivity index (χ1v) is 6.17. The molecule has 0 aliphatic rings. The van der Waals surface area contributed by atoms with Crippen LogP contribution in [0.1, 0.15) is 30.1 Å². The Balaban J connectivity index is 3.04. The lowest BCUT2D eigenvalue weighted by atomic mass is 10.2. The van der Waals surface area contributed by atoms with Crippen molar-refractivity contribution in [3.8, 4) is 11.5 Å². The summed E-state index contributed by atoms with van der Waals surface area (Å²) in [7, 11) is 1.45. The topological polar surface area (TPSA) is 78.6 Å². The highest BCUT2D eigenvalue weighted by Crippen LogP contribution is 2.37. The molecule has 0 saturated heterocycles. The van der Waals surface area contributed by atoms with Crippen molar-refractivity contribution >= 4 is 23.8 Å². The van der Waals surface area contributed by atoms with Gasteiger partial charge < -0.3 is 15.2 Å². The molecule has 1 aromatic carbocycles. The van der Waals surface area contributed by atoms with Crippen LogP contribution in [0.5, 0.6) is 11.5 Å². The fraction of sp³-hybridized carbons (Fsp3) is 0.385. The number of halogens is 1. The summed E-state index contributed by atoms with van der Waals surface area (Å²) in [5, 5.41) is 0.254. The Labute approximate surface area is 116 Å². The summed E-state index contributed by atoms with van der Waals surface area (Å²) < 4.78 is 10.8.